The number of rotatable bonds is 9. The van der Waals surface area contributed by atoms with Crippen LogP contribution in [-0.2, 0) is 10.0 Å². The van der Waals surface area contributed by atoms with Crippen LogP contribution in [0.1, 0.15) is 37.7 Å². The Kier molecular flexibility index (Phi) is 8.72. The number of ether oxygens (including phenoxy) is 2. The number of anilines is 1. The van der Waals surface area contributed by atoms with Gasteiger partial charge in [-0.1, -0.05) is 6.07 Å². The smallest absolute Gasteiger partial charge is 0.240 e. The van der Waals surface area contributed by atoms with Crippen molar-refractivity contribution in [2.75, 3.05) is 51.8 Å². The predicted molar refractivity (Wildman–Crippen MR) is 140 cm³/mol. The molecule has 0 bridgehead atoms. The van der Waals surface area contributed by atoms with E-state index < -0.39 is 10.0 Å². The lowest BCUT2D eigenvalue weighted by Gasteiger charge is -2.37. The van der Waals surface area contributed by atoms with Crippen LogP contribution in [0.15, 0.2) is 47.4 Å². The standard InChI is InChI=1S/C27H36N4O4S/c1-34-26-11-10-25(19-27(26)35-2)36(32,33)29-23-8-6-21(7-9-23)12-13-30-14-16-31(17-15-30)24-5-3-4-22(18-24)20-28/h3-5,10-11,18-19,21,23,29H,6-9,12-17H2,1-2H3. The monoisotopic (exact) mass is 512 g/mol. The van der Waals surface area contributed by atoms with E-state index in [1.807, 2.05) is 18.2 Å². The van der Waals surface area contributed by atoms with Gasteiger partial charge in [-0.15, -0.1) is 0 Å². The first-order valence-corrected chi connectivity index (χ1v) is 14.1. The Morgan fingerprint density at radius 3 is 2.36 bits per heavy atom. The first-order valence-electron chi connectivity index (χ1n) is 12.6. The second-order valence-electron chi connectivity index (χ2n) is 9.64. The topological polar surface area (TPSA) is 94.9 Å². The van der Waals surface area contributed by atoms with Crippen LogP contribution in [0.2, 0.25) is 0 Å². The van der Waals surface area contributed by atoms with Crippen molar-refractivity contribution in [3.8, 4) is 17.6 Å². The summed E-state index contributed by atoms with van der Waals surface area (Å²) in [6.45, 7) is 5.08. The van der Waals surface area contributed by atoms with Gasteiger partial charge >= 0.3 is 0 Å². The van der Waals surface area contributed by atoms with E-state index in [1.165, 1.54) is 20.3 Å². The highest BCUT2D eigenvalue weighted by atomic mass is 32.2. The van der Waals surface area contributed by atoms with Gasteiger partial charge in [0.25, 0.3) is 0 Å². The van der Waals surface area contributed by atoms with Gasteiger partial charge in [0.15, 0.2) is 11.5 Å². The van der Waals surface area contributed by atoms with Crippen molar-refractivity contribution in [2.24, 2.45) is 5.92 Å². The van der Waals surface area contributed by atoms with Crippen LogP contribution >= 0.6 is 0 Å². The number of piperazine rings is 1. The van der Waals surface area contributed by atoms with Crippen molar-refractivity contribution >= 4 is 15.7 Å². The number of hydrogen-bond donors (Lipinski definition) is 1. The summed E-state index contributed by atoms with van der Waals surface area (Å²) in [6, 6.07) is 14.7. The van der Waals surface area contributed by atoms with Gasteiger partial charge in [-0.2, -0.15) is 5.26 Å². The van der Waals surface area contributed by atoms with Gasteiger partial charge in [-0.05, 0) is 74.9 Å². The first-order chi connectivity index (χ1) is 17.4. The lowest BCUT2D eigenvalue weighted by Crippen LogP contribution is -2.47. The highest BCUT2D eigenvalue weighted by Crippen LogP contribution is 2.31. The van der Waals surface area contributed by atoms with Crippen molar-refractivity contribution in [1.29, 1.82) is 5.26 Å². The van der Waals surface area contributed by atoms with Crippen molar-refractivity contribution in [1.82, 2.24) is 9.62 Å². The third-order valence-electron chi connectivity index (χ3n) is 7.40. The number of sulfonamides is 1. The Hall–Kier alpha value is -2.80. The third kappa shape index (κ3) is 6.49. The van der Waals surface area contributed by atoms with Crippen molar-refractivity contribution in [2.45, 2.75) is 43.0 Å². The molecule has 0 amide bonds. The van der Waals surface area contributed by atoms with E-state index in [9.17, 15) is 8.42 Å². The number of hydrogen-bond acceptors (Lipinski definition) is 7. The summed E-state index contributed by atoms with van der Waals surface area (Å²) >= 11 is 0. The summed E-state index contributed by atoms with van der Waals surface area (Å²) in [6.07, 6.45) is 4.96. The van der Waals surface area contributed by atoms with Gasteiger partial charge in [0.05, 0.1) is 30.7 Å². The Labute approximate surface area is 214 Å². The van der Waals surface area contributed by atoms with E-state index in [0.29, 0.717) is 23.0 Å². The zero-order valence-electron chi connectivity index (χ0n) is 21.2. The quantitative estimate of drug-likeness (QED) is 0.548. The molecule has 1 heterocycles. The minimum absolute atomic E-state index is 0.0351. The second kappa shape index (κ2) is 12.0. The van der Waals surface area contributed by atoms with Gasteiger partial charge in [-0.25, -0.2) is 13.1 Å². The van der Waals surface area contributed by atoms with Gasteiger partial charge < -0.3 is 14.4 Å². The molecular weight excluding hydrogens is 476 g/mol. The van der Waals surface area contributed by atoms with Gasteiger partial charge in [0.2, 0.25) is 10.0 Å². The lowest BCUT2D eigenvalue weighted by molar-refractivity contribution is 0.214. The number of methoxy groups -OCH3 is 2. The average molecular weight is 513 g/mol. The zero-order valence-corrected chi connectivity index (χ0v) is 22.0. The molecule has 0 radical (unpaired) electrons. The normalized spacial score (nSPS) is 21.1. The van der Waals surface area contributed by atoms with Crippen molar-refractivity contribution in [3.05, 3.63) is 48.0 Å². The number of nitrogens with zero attached hydrogens (tertiary/aromatic N) is 3. The Bertz CT molecular complexity index is 1160. The van der Waals surface area contributed by atoms with E-state index in [2.05, 4.69) is 26.7 Å². The second-order valence-corrected chi connectivity index (χ2v) is 11.3. The van der Waals surface area contributed by atoms with Crippen LogP contribution in [0, 0.1) is 17.2 Å². The van der Waals surface area contributed by atoms with Crippen LogP contribution in [0.3, 0.4) is 0 Å². The summed E-state index contributed by atoms with van der Waals surface area (Å²) in [4.78, 5) is 5.07. The van der Waals surface area contributed by atoms with Gasteiger partial charge in [0.1, 0.15) is 0 Å². The largest absolute Gasteiger partial charge is 0.493 e. The number of nitrogens with one attached hydrogen (secondary N) is 1. The molecule has 0 atom stereocenters. The molecule has 0 unspecified atom stereocenters. The maximum atomic E-state index is 12.9. The van der Waals surface area contributed by atoms with Gasteiger partial charge in [0, 0.05) is 44.0 Å². The third-order valence-corrected chi connectivity index (χ3v) is 8.92. The molecule has 1 saturated heterocycles. The van der Waals surface area contributed by atoms with Crippen molar-refractivity contribution in [3.63, 3.8) is 0 Å². The van der Waals surface area contributed by atoms with E-state index in [-0.39, 0.29) is 10.9 Å². The summed E-state index contributed by atoms with van der Waals surface area (Å²) in [5.41, 5.74) is 1.83. The minimum atomic E-state index is -3.61. The summed E-state index contributed by atoms with van der Waals surface area (Å²) in [7, 11) is -0.588. The molecule has 9 heteroatoms. The lowest BCUT2D eigenvalue weighted by atomic mass is 9.84. The average Bonchev–Trinajstić information content (AvgIpc) is 2.92. The van der Waals surface area contributed by atoms with Crippen LogP contribution in [-0.4, -0.2) is 66.3 Å². The van der Waals surface area contributed by atoms with Crippen molar-refractivity contribution < 1.29 is 17.9 Å². The first kappa shape index (κ1) is 26.3. The molecule has 1 aliphatic heterocycles. The molecule has 1 saturated carbocycles. The molecule has 36 heavy (non-hydrogen) atoms. The summed E-state index contributed by atoms with van der Waals surface area (Å²) in [5, 5.41) is 9.14. The number of nitriles is 1. The summed E-state index contributed by atoms with van der Waals surface area (Å²) in [5.74, 6) is 1.55. The molecule has 2 aromatic carbocycles. The molecule has 4 rings (SSSR count). The molecule has 0 spiro atoms. The maximum absolute atomic E-state index is 12.9. The Morgan fingerprint density at radius 1 is 0.972 bits per heavy atom. The maximum Gasteiger partial charge on any atom is 0.240 e. The fourth-order valence-electron chi connectivity index (χ4n) is 5.21. The van der Waals surface area contributed by atoms with Crippen LogP contribution in [0.4, 0.5) is 5.69 Å². The molecule has 2 aromatic rings. The van der Waals surface area contributed by atoms with Crippen LogP contribution in [0.25, 0.3) is 0 Å². The summed E-state index contributed by atoms with van der Waals surface area (Å²) < 4.78 is 39.2. The van der Waals surface area contributed by atoms with E-state index >= 15 is 0 Å². The zero-order chi connectivity index (χ0) is 25.5. The fraction of sp³-hybridized carbons (Fsp3) is 0.519. The van der Waals surface area contributed by atoms with E-state index in [1.54, 1.807) is 12.1 Å². The van der Waals surface area contributed by atoms with Crippen LogP contribution < -0.4 is 19.1 Å². The molecular formula is C27H36N4O4S. The van der Waals surface area contributed by atoms with E-state index in [4.69, 9.17) is 14.7 Å². The fourth-order valence-corrected chi connectivity index (χ4v) is 6.53. The molecule has 8 nitrogen and oxygen atoms in total. The SMILES string of the molecule is COc1ccc(S(=O)(=O)NC2CCC(CCN3CCN(c4cccc(C#N)c4)CC3)CC2)cc1OC. The molecule has 0 aromatic heterocycles. The molecule has 1 N–H and O–H groups in total. The van der Waals surface area contributed by atoms with Crippen LogP contribution in [0.5, 0.6) is 11.5 Å². The predicted octanol–water partition coefficient (Wildman–Crippen LogP) is 3.62. The molecule has 1 aliphatic carbocycles. The minimum Gasteiger partial charge on any atom is -0.493 e. The highest BCUT2D eigenvalue weighted by molar-refractivity contribution is 7.89. The molecule has 2 aliphatic rings. The number of benzene rings is 2. The Morgan fingerprint density at radius 2 is 1.69 bits per heavy atom. The highest BCUT2D eigenvalue weighted by Gasteiger charge is 2.27. The Balaban J connectivity index is 1.20. The molecule has 194 valence electrons. The van der Waals surface area contributed by atoms with E-state index in [0.717, 1.165) is 70.5 Å². The van der Waals surface area contributed by atoms with Gasteiger partial charge in [-0.3, -0.25) is 4.90 Å². The molecule has 2 fully saturated rings.